The van der Waals surface area contributed by atoms with E-state index < -0.39 is 17.4 Å². The van der Waals surface area contributed by atoms with E-state index in [1.807, 2.05) is 6.08 Å². The Morgan fingerprint density at radius 3 is 2.35 bits per heavy atom. The van der Waals surface area contributed by atoms with Crippen molar-refractivity contribution in [2.24, 2.45) is 17.3 Å². The molecule has 1 saturated carbocycles. The van der Waals surface area contributed by atoms with Crippen molar-refractivity contribution in [1.29, 1.82) is 0 Å². The number of hydrogen-bond acceptors (Lipinski definition) is 4. The summed E-state index contributed by atoms with van der Waals surface area (Å²) in [4.78, 5) is 25.3. The second-order valence-electron chi connectivity index (χ2n) is 6.92. The number of rotatable bonds is 3. The molecular weight excluding hydrogens is 292 g/mol. The maximum atomic E-state index is 12.6. The third-order valence-electron chi connectivity index (χ3n) is 5.84. The van der Waals surface area contributed by atoms with Gasteiger partial charge in [-0.1, -0.05) is 25.0 Å². The largest absolute Gasteiger partial charge is 0.468 e. The van der Waals surface area contributed by atoms with Crippen molar-refractivity contribution in [2.75, 3.05) is 14.2 Å². The molecule has 0 spiro atoms. The Morgan fingerprint density at radius 2 is 1.74 bits per heavy atom. The number of carbonyl (C=O) groups excluding carboxylic acids is 2. The highest BCUT2D eigenvalue weighted by Crippen LogP contribution is 2.55. The molecule has 4 heteroatoms. The van der Waals surface area contributed by atoms with Crippen LogP contribution in [0.3, 0.4) is 0 Å². The number of hydrogen-bond donors (Lipinski definition) is 0. The molecule has 0 heterocycles. The Kier molecular flexibility index (Phi) is 4.60. The highest BCUT2D eigenvalue weighted by atomic mass is 16.5. The SMILES string of the molecule is COC(=O)C1(C(=O)OC)C=C(C2=CCCCC2)[C@H]2CCCC[C@H]21. The van der Waals surface area contributed by atoms with Gasteiger partial charge in [0.25, 0.3) is 0 Å². The Hall–Kier alpha value is -1.58. The number of methoxy groups -OCH3 is 2. The first-order valence-corrected chi connectivity index (χ1v) is 8.74. The molecule has 0 saturated heterocycles. The van der Waals surface area contributed by atoms with Crippen LogP contribution >= 0.6 is 0 Å². The molecule has 0 aliphatic heterocycles. The van der Waals surface area contributed by atoms with Crippen molar-refractivity contribution in [1.82, 2.24) is 0 Å². The number of allylic oxidation sites excluding steroid dienone is 3. The predicted molar refractivity (Wildman–Crippen MR) is 86.5 cm³/mol. The van der Waals surface area contributed by atoms with Gasteiger partial charge < -0.3 is 9.47 Å². The third kappa shape index (κ3) is 2.52. The summed E-state index contributed by atoms with van der Waals surface area (Å²) in [6, 6.07) is 0. The van der Waals surface area contributed by atoms with Crippen molar-refractivity contribution in [2.45, 2.75) is 51.4 Å². The fourth-order valence-corrected chi connectivity index (χ4v) is 4.78. The Labute approximate surface area is 137 Å². The Balaban J connectivity index is 2.09. The van der Waals surface area contributed by atoms with Gasteiger partial charge in [-0.05, 0) is 61.5 Å². The maximum Gasteiger partial charge on any atom is 0.327 e. The van der Waals surface area contributed by atoms with Gasteiger partial charge in [-0.25, -0.2) is 0 Å². The fraction of sp³-hybridized carbons (Fsp3) is 0.684. The summed E-state index contributed by atoms with van der Waals surface area (Å²) in [5.41, 5.74) is 1.30. The van der Waals surface area contributed by atoms with E-state index in [0.29, 0.717) is 0 Å². The van der Waals surface area contributed by atoms with Crippen molar-refractivity contribution < 1.29 is 19.1 Å². The molecule has 126 valence electrons. The van der Waals surface area contributed by atoms with Gasteiger partial charge in [0.15, 0.2) is 5.41 Å². The van der Waals surface area contributed by atoms with Crippen LogP contribution in [0.25, 0.3) is 0 Å². The molecule has 0 aromatic heterocycles. The van der Waals surface area contributed by atoms with Crippen LogP contribution in [-0.2, 0) is 19.1 Å². The summed E-state index contributed by atoms with van der Waals surface area (Å²) < 4.78 is 10.1. The summed E-state index contributed by atoms with van der Waals surface area (Å²) in [5.74, 6) is -0.666. The van der Waals surface area contributed by atoms with Gasteiger partial charge in [0, 0.05) is 0 Å². The lowest BCUT2D eigenvalue weighted by Gasteiger charge is -2.36. The molecule has 1 fully saturated rings. The van der Waals surface area contributed by atoms with E-state index in [0.717, 1.165) is 38.5 Å². The van der Waals surface area contributed by atoms with Crippen LogP contribution in [0.1, 0.15) is 51.4 Å². The second kappa shape index (κ2) is 6.50. The Morgan fingerprint density at radius 1 is 1.04 bits per heavy atom. The molecular formula is C19H26O4. The zero-order chi connectivity index (χ0) is 16.4. The van der Waals surface area contributed by atoms with E-state index in [1.165, 1.54) is 38.2 Å². The average Bonchev–Trinajstić information content (AvgIpc) is 2.97. The molecule has 2 atom stereocenters. The summed E-state index contributed by atoms with van der Waals surface area (Å²) >= 11 is 0. The summed E-state index contributed by atoms with van der Waals surface area (Å²) in [5, 5.41) is 0. The molecule has 0 N–H and O–H groups in total. The molecule has 23 heavy (non-hydrogen) atoms. The van der Waals surface area contributed by atoms with Crippen molar-refractivity contribution in [3.8, 4) is 0 Å². The van der Waals surface area contributed by atoms with Crippen LogP contribution in [0.5, 0.6) is 0 Å². The third-order valence-corrected chi connectivity index (χ3v) is 5.84. The lowest BCUT2D eigenvalue weighted by Crippen LogP contribution is -2.46. The molecule has 0 radical (unpaired) electrons. The zero-order valence-corrected chi connectivity index (χ0v) is 14.1. The number of esters is 2. The van der Waals surface area contributed by atoms with E-state index in [9.17, 15) is 9.59 Å². The standard InChI is InChI=1S/C19H26O4/c1-22-17(20)19(18(21)23-2)12-15(13-8-4-3-5-9-13)14-10-6-7-11-16(14)19/h8,12,14,16H,3-7,9-11H2,1-2H3/t14-,16-/m1/s1. The van der Waals surface area contributed by atoms with Crippen LogP contribution in [0.15, 0.2) is 23.3 Å². The number of fused-ring (bicyclic) bond motifs is 1. The average molecular weight is 318 g/mol. The zero-order valence-electron chi connectivity index (χ0n) is 14.1. The molecule has 3 aliphatic carbocycles. The van der Waals surface area contributed by atoms with Crippen molar-refractivity contribution >= 4 is 11.9 Å². The summed E-state index contributed by atoms with van der Waals surface area (Å²) in [6.45, 7) is 0. The lowest BCUT2D eigenvalue weighted by molar-refractivity contribution is -0.170. The smallest absolute Gasteiger partial charge is 0.327 e. The quantitative estimate of drug-likeness (QED) is 0.590. The van der Waals surface area contributed by atoms with Crippen LogP contribution < -0.4 is 0 Å². The van der Waals surface area contributed by atoms with E-state index in [-0.39, 0.29) is 11.8 Å². The van der Waals surface area contributed by atoms with Crippen LogP contribution in [-0.4, -0.2) is 26.2 Å². The van der Waals surface area contributed by atoms with Gasteiger partial charge in [-0.15, -0.1) is 0 Å². The van der Waals surface area contributed by atoms with Gasteiger partial charge in [0.2, 0.25) is 0 Å². The van der Waals surface area contributed by atoms with E-state index in [4.69, 9.17) is 9.47 Å². The first-order valence-electron chi connectivity index (χ1n) is 8.74. The van der Waals surface area contributed by atoms with Crippen LogP contribution in [0.2, 0.25) is 0 Å². The minimum Gasteiger partial charge on any atom is -0.468 e. The summed E-state index contributed by atoms with van der Waals surface area (Å²) in [7, 11) is 2.72. The first-order chi connectivity index (χ1) is 11.1. The van der Waals surface area contributed by atoms with Crippen LogP contribution in [0.4, 0.5) is 0 Å². The highest BCUT2D eigenvalue weighted by molar-refractivity contribution is 6.03. The van der Waals surface area contributed by atoms with Gasteiger partial charge in [0.05, 0.1) is 14.2 Å². The van der Waals surface area contributed by atoms with Gasteiger partial charge in [0.1, 0.15) is 0 Å². The molecule has 0 aromatic carbocycles. The highest BCUT2D eigenvalue weighted by Gasteiger charge is 2.60. The monoisotopic (exact) mass is 318 g/mol. The fourth-order valence-electron chi connectivity index (χ4n) is 4.78. The number of carbonyl (C=O) groups is 2. The molecule has 0 aromatic rings. The van der Waals surface area contributed by atoms with Gasteiger partial charge in [-0.2, -0.15) is 0 Å². The van der Waals surface area contributed by atoms with E-state index >= 15 is 0 Å². The minimum absolute atomic E-state index is 0.0195. The van der Waals surface area contributed by atoms with Gasteiger partial charge >= 0.3 is 11.9 Å². The molecule has 0 unspecified atom stereocenters. The normalized spacial score (nSPS) is 29.1. The minimum atomic E-state index is -1.25. The van der Waals surface area contributed by atoms with Gasteiger partial charge in [-0.3, -0.25) is 9.59 Å². The van der Waals surface area contributed by atoms with E-state index in [1.54, 1.807) is 0 Å². The lowest BCUT2D eigenvalue weighted by atomic mass is 9.67. The summed E-state index contributed by atoms with van der Waals surface area (Å²) in [6.07, 6.45) is 12.9. The van der Waals surface area contributed by atoms with E-state index in [2.05, 4.69) is 6.08 Å². The van der Waals surface area contributed by atoms with Crippen molar-refractivity contribution in [3.05, 3.63) is 23.3 Å². The molecule has 0 amide bonds. The molecule has 0 bridgehead atoms. The first kappa shape index (κ1) is 16.3. The molecule has 3 aliphatic rings. The molecule has 3 rings (SSSR count). The second-order valence-corrected chi connectivity index (χ2v) is 6.92. The number of ether oxygens (including phenoxy) is 2. The molecule has 4 nitrogen and oxygen atoms in total. The van der Waals surface area contributed by atoms with Crippen molar-refractivity contribution in [3.63, 3.8) is 0 Å². The predicted octanol–water partition coefficient (Wildman–Crippen LogP) is 3.57. The topological polar surface area (TPSA) is 52.6 Å². The maximum absolute atomic E-state index is 12.6. The van der Waals surface area contributed by atoms with Crippen LogP contribution in [0, 0.1) is 17.3 Å². The Bertz CT molecular complexity index is 542.